The van der Waals surface area contributed by atoms with Gasteiger partial charge in [-0.15, -0.1) is 0 Å². The molecule has 0 saturated heterocycles. The van der Waals surface area contributed by atoms with Gasteiger partial charge in [0, 0.05) is 0 Å². The number of nitrogens with two attached hydrogens (primary N) is 1. The summed E-state index contributed by atoms with van der Waals surface area (Å²) >= 11 is 0. The van der Waals surface area contributed by atoms with Crippen LogP contribution in [0.4, 0.5) is 13.2 Å². The summed E-state index contributed by atoms with van der Waals surface area (Å²) in [6.45, 7) is 0.171. The van der Waals surface area contributed by atoms with Gasteiger partial charge in [-0.2, -0.15) is 13.2 Å². The maximum absolute atomic E-state index is 11.9. The summed E-state index contributed by atoms with van der Waals surface area (Å²) in [7, 11) is 0. The number of rotatable bonds is 1. The van der Waals surface area contributed by atoms with E-state index < -0.39 is 12.1 Å². The van der Waals surface area contributed by atoms with Crippen molar-refractivity contribution in [3.05, 3.63) is 0 Å². The van der Waals surface area contributed by atoms with Crippen LogP contribution in [0.2, 0.25) is 0 Å². The first kappa shape index (κ1) is 7.85. The molecule has 0 aromatic carbocycles. The molecule has 0 radical (unpaired) electrons. The van der Waals surface area contributed by atoms with Gasteiger partial charge in [-0.05, 0) is 25.3 Å². The molecular weight excluding hydrogens is 143 g/mol. The van der Waals surface area contributed by atoms with Gasteiger partial charge < -0.3 is 5.73 Å². The molecule has 1 rings (SSSR count). The lowest BCUT2D eigenvalue weighted by Gasteiger charge is -2.36. The van der Waals surface area contributed by atoms with Gasteiger partial charge in [0.1, 0.15) is 0 Å². The van der Waals surface area contributed by atoms with E-state index in [2.05, 4.69) is 0 Å². The van der Waals surface area contributed by atoms with Crippen molar-refractivity contribution < 1.29 is 13.2 Å². The Morgan fingerprint density at radius 2 is 1.90 bits per heavy atom. The second-order valence-corrected chi connectivity index (χ2v) is 2.72. The molecule has 0 amide bonds. The lowest BCUT2D eigenvalue weighted by atomic mass is 9.73. The molecule has 1 aliphatic rings. The largest absolute Gasteiger partial charge is 0.392 e. The Morgan fingerprint density at radius 3 is 2.00 bits per heavy atom. The molecule has 60 valence electrons. The molecule has 4 heteroatoms. The SMILES string of the molecule is NCC1CCC1C(F)(F)F. The fourth-order valence-electron chi connectivity index (χ4n) is 1.28. The van der Waals surface area contributed by atoms with Crippen molar-refractivity contribution in [2.75, 3.05) is 6.54 Å². The molecule has 2 N–H and O–H groups in total. The summed E-state index contributed by atoms with van der Waals surface area (Å²) in [5.74, 6) is -1.42. The molecule has 1 aliphatic carbocycles. The van der Waals surface area contributed by atoms with Crippen molar-refractivity contribution in [3.63, 3.8) is 0 Å². The van der Waals surface area contributed by atoms with Gasteiger partial charge in [0.15, 0.2) is 0 Å². The molecule has 0 aromatic heterocycles. The van der Waals surface area contributed by atoms with E-state index in [4.69, 9.17) is 5.73 Å². The van der Waals surface area contributed by atoms with E-state index >= 15 is 0 Å². The van der Waals surface area contributed by atoms with Crippen molar-refractivity contribution >= 4 is 0 Å². The number of hydrogen-bond acceptors (Lipinski definition) is 1. The Labute approximate surface area is 57.4 Å². The zero-order valence-electron chi connectivity index (χ0n) is 5.49. The Balaban J connectivity index is 2.43. The highest BCUT2D eigenvalue weighted by molar-refractivity contribution is 4.85. The zero-order chi connectivity index (χ0) is 7.78. The molecule has 2 atom stereocenters. The number of alkyl halides is 3. The first-order valence-corrected chi connectivity index (χ1v) is 3.32. The Morgan fingerprint density at radius 1 is 1.30 bits per heavy atom. The van der Waals surface area contributed by atoms with E-state index in [1.807, 2.05) is 0 Å². The molecule has 2 unspecified atom stereocenters. The van der Waals surface area contributed by atoms with E-state index in [1.54, 1.807) is 0 Å². The standard InChI is InChI=1S/C6H10F3N/c7-6(8,9)5-2-1-4(5)3-10/h4-5H,1-3,10H2. The summed E-state index contributed by atoms with van der Waals surface area (Å²) < 4.78 is 35.6. The fourth-order valence-corrected chi connectivity index (χ4v) is 1.28. The predicted octanol–water partition coefficient (Wildman–Crippen LogP) is 1.53. The topological polar surface area (TPSA) is 26.0 Å². The first-order valence-electron chi connectivity index (χ1n) is 3.32. The average Bonchev–Trinajstić information content (AvgIpc) is 1.57. The highest BCUT2D eigenvalue weighted by Gasteiger charge is 2.48. The van der Waals surface area contributed by atoms with Crippen LogP contribution in [0.5, 0.6) is 0 Å². The molecule has 0 aliphatic heterocycles. The summed E-state index contributed by atoms with van der Waals surface area (Å²) in [6, 6.07) is 0. The van der Waals surface area contributed by atoms with Crippen molar-refractivity contribution in [1.29, 1.82) is 0 Å². The summed E-state index contributed by atoms with van der Waals surface area (Å²) in [6.07, 6.45) is -3.10. The minimum atomic E-state index is -4.01. The van der Waals surface area contributed by atoms with E-state index in [-0.39, 0.29) is 18.9 Å². The Kier molecular flexibility index (Phi) is 1.90. The Hall–Kier alpha value is -0.250. The van der Waals surface area contributed by atoms with Gasteiger partial charge in [0.05, 0.1) is 5.92 Å². The fraction of sp³-hybridized carbons (Fsp3) is 1.00. The summed E-state index contributed by atoms with van der Waals surface area (Å²) in [5, 5.41) is 0. The van der Waals surface area contributed by atoms with Crippen LogP contribution in [0.3, 0.4) is 0 Å². The first-order chi connectivity index (χ1) is 4.55. The number of hydrogen-bond donors (Lipinski definition) is 1. The van der Waals surface area contributed by atoms with E-state index in [0.717, 1.165) is 0 Å². The van der Waals surface area contributed by atoms with Crippen molar-refractivity contribution in [1.82, 2.24) is 0 Å². The lowest BCUT2D eigenvalue weighted by Crippen LogP contribution is -2.41. The van der Waals surface area contributed by atoms with Crippen LogP contribution in [0.25, 0.3) is 0 Å². The quantitative estimate of drug-likeness (QED) is 0.607. The van der Waals surface area contributed by atoms with Crippen LogP contribution in [-0.2, 0) is 0 Å². The summed E-state index contributed by atoms with van der Waals surface area (Å²) in [5.41, 5.74) is 5.12. The van der Waals surface area contributed by atoms with Gasteiger partial charge in [-0.3, -0.25) is 0 Å². The average molecular weight is 153 g/mol. The molecule has 1 nitrogen and oxygen atoms in total. The van der Waals surface area contributed by atoms with Crippen molar-refractivity contribution in [3.8, 4) is 0 Å². The van der Waals surface area contributed by atoms with Gasteiger partial charge in [-0.25, -0.2) is 0 Å². The van der Waals surface area contributed by atoms with Crippen LogP contribution >= 0.6 is 0 Å². The minimum Gasteiger partial charge on any atom is -0.330 e. The maximum Gasteiger partial charge on any atom is 0.392 e. The molecular formula is C6H10F3N. The van der Waals surface area contributed by atoms with Crippen LogP contribution in [0, 0.1) is 11.8 Å². The van der Waals surface area contributed by atoms with Crippen LogP contribution < -0.4 is 5.73 Å². The summed E-state index contributed by atoms with van der Waals surface area (Å²) in [4.78, 5) is 0. The second-order valence-electron chi connectivity index (χ2n) is 2.72. The van der Waals surface area contributed by atoms with Crippen LogP contribution in [0.15, 0.2) is 0 Å². The third-order valence-electron chi connectivity index (χ3n) is 2.14. The molecule has 0 heterocycles. The second kappa shape index (κ2) is 2.42. The third-order valence-corrected chi connectivity index (χ3v) is 2.14. The highest BCUT2D eigenvalue weighted by atomic mass is 19.4. The van der Waals surface area contributed by atoms with Gasteiger partial charge in [-0.1, -0.05) is 0 Å². The monoisotopic (exact) mass is 153 g/mol. The molecule has 0 aromatic rings. The van der Waals surface area contributed by atoms with Gasteiger partial charge in [0.2, 0.25) is 0 Å². The maximum atomic E-state index is 11.9. The van der Waals surface area contributed by atoms with Gasteiger partial charge in [0.25, 0.3) is 0 Å². The van der Waals surface area contributed by atoms with E-state index in [9.17, 15) is 13.2 Å². The lowest BCUT2D eigenvalue weighted by molar-refractivity contribution is -0.211. The van der Waals surface area contributed by atoms with Crippen molar-refractivity contribution in [2.24, 2.45) is 17.6 Å². The highest BCUT2D eigenvalue weighted by Crippen LogP contribution is 2.44. The van der Waals surface area contributed by atoms with E-state index in [0.29, 0.717) is 6.42 Å². The smallest absolute Gasteiger partial charge is 0.330 e. The molecule has 1 saturated carbocycles. The Bertz CT molecular complexity index is 119. The van der Waals surface area contributed by atoms with Crippen LogP contribution in [0.1, 0.15) is 12.8 Å². The molecule has 0 spiro atoms. The molecule has 0 bridgehead atoms. The molecule has 10 heavy (non-hydrogen) atoms. The molecule has 1 fully saturated rings. The van der Waals surface area contributed by atoms with Crippen LogP contribution in [-0.4, -0.2) is 12.7 Å². The minimum absolute atomic E-state index is 0.171. The zero-order valence-corrected chi connectivity index (χ0v) is 5.49. The van der Waals surface area contributed by atoms with Gasteiger partial charge >= 0.3 is 6.18 Å². The normalized spacial score (nSPS) is 33.6. The third kappa shape index (κ3) is 1.26. The number of halogens is 3. The van der Waals surface area contributed by atoms with Crippen molar-refractivity contribution in [2.45, 2.75) is 19.0 Å². The predicted molar refractivity (Wildman–Crippen MR) is 31.3 cm³/mol. The van der Waals surface area contributed by atoms with E-state index in [1.165, 1.54) is 0 Å².